The molecule has 0 aromatic heterocycles. The molecular weight excluding hydrogens is 226 g/mol. The lowest BCUT2D eigenvalue weighted by Gasteiger charge is -2.37. The first-order chi connectivity index (χ1) is 8.60. The van der Waals surface area contributed by atoms with Gasteiger partial charge in [0.2, 0.25) is 5.91 Å². The largest absolute Gasteiger partial charge is 0.358 e. The average Bonchev–Trinajstić information content (AvgIpc) is 2.43. The molecule has 0 bridgehead atoms. The fourth-order valence-electron chi connectivity index (χ4n) is 2.72. The van der Waals surface area contributed by atoms with Gasteiger partial charge in [-0.2, -0.15) is 0 Å². The van der Waals surface area contributed by atoms with Crippen molar-refractivity contribution in [2.24, 2.45) is 5.92 Å². The first-order valence-corrected chi connectivity index (χ1v) is 7.29. The summed E-state index contributed by atoms with van der Waals surface area (Å²) in [5.74, 6) is 0.885. The summed E-state index contributed by atoms with van der Waals surface area (Å²) < 4.78 is 0. The normalized spacial score (nSPS) is 21.6. The van der Waals surface area contributed by atoms with E-state index in [0.29, 0.717) is 6.04 Å². The highest BCUT2D eigenvalue weighted by atomic mass is 16.2. The van der Waals surface area contributed by atoms with Crippen LogP contribution in [0.2, 0.25) is 0 Å². The Bertz CT molecular complexity index is 249. The number of carbonyl (C=O) groups is 1. The molecule has 18 heavy (non-hydrogen) atoms. The summed E-state index contributed by atoms with van der Waals surface area (Å²) in [6.07, 6.45) is 3.58. The van der Waals surface area contributed by atoms with E-state index in [1.807, 2.05) is 6.92 Å². The van der Waals surface area contributed by atoms with E-state index in [9.17, 15) is 4.79 Å². The fourth-order valence-corrected chi connectivity index (χ4v) is 2.72. The predicted molar refractivity (Wildman–Crippen MR) is 75.6 cm³/mol. The van der Waals surface area contributed by atoms with Crippen molar-refractivity contribution in [2.75, 3.05) is 26.7 Å². The minimum Gasteiger partial charge on any atom is -0.358 e. The fraction of sp³-hybridized carbons (Fsp3) is 0.929. The van der Waals surface area contributed by atoms with E-state index in [4.69, 9.17) is 0 Å². The lowest BCUT2D eigenvalue weighted by Crippen LogP contribution is -2.49. The van der Waals surface area contributed by atoms with Gasteiger partial charge in [0, 0.05) is 13.1 Å². The smallest absolute Gasteiger partial charge is 0.236 e. The van der Waals surface area contributed by atoms with Crippen LogP contribution in [-0.4, -0.2) is 49.6 Å². The second-order valence-electron chi connectivity index (χ2n) is 5.41. The molecule has 1 amide bonds. The topological polar surface area (TPSA) is 44.4 Å². The van der Waals surface area contributed by atoms with Gasteiger partial charge >= 0.3 is 0 Å². The number of likely N-dealkylation sites (tertiary alicyclic amines) is 1. The third-order valence-corrected chi connectivity index (χ3v) is 4.17. The molecule has 106 valence electrons. The Morgan fingerprint density at radius 1 is 1.33 bits per heavy atom. The van der Waals surface area contributed by atoms with Gasteiger partial charge in [-0.15, -0.1) is 0 Å². The van der Waals surface area contributed by atoms with Gasteiger partial charge in [-0.3, -0.25) is 9.69 Å². The Balaban J connectivity index is 2.34. The summed E-state index contributed by atoms with van der Waals surface area (Å²) in [6.45, 7) is 9.67. The molecule has 0 radical (unpaired) electrons. The van der Waals surface area contributed by atoms with Crippen molar-refractivity contribution in [2.45, 2.75) is 52.1 Å². The minimum absolute atomic E-state index is 0.00913. The summed E-state index contributed by atoms with van der Waals surface area (Å²) in [6, 6.07) is 0.609. The van der Waals surface area contributed by atoms with E-state index >= 15 is 0 Å². The highest BCUT2D eigenvalue weighted by Gasteiger charge is 2.28. The van der Waals surface area contributed by atoms with Gasteiger partial charge in [-0.1, -0.05) is 6.92 Å². The third kappa shape index (κ3) is 4.25. The van der Waals surface area contributed by atoms with E-state index in [2.05, 4.69) is 29.4 Å². The van der Waals surface area contributed by atoms with Gasteiger partial charge in [0.15, 0.2) is 0 Å². The van der Waals surface area contributed by atoms with Gasteiger partial charge in [-0.25, -0.2) is 0 Å². The molecule has 1 aliphatic rings. The molecule has 0 aromatic carbocycles. The minimum atomic E-state index is 0.00913. The maximum Gasteiger partial charge on any atom is 0.236 e. The van der Waals surface area contributed by atoms with Crippen molar-refractivity contribution in [3.05, 3.63) is 0 Å². The maximum absolute atomic E-state index is 11.6. The van der Waals surface area contributed by atoms with Crippen molar-refractivity contribution in [1.29, 1.82) is 0 Å². The average molecular weight is 255 g/mol. The standard InChI is InChI=1S/C14H29N3O/c1-5-8-16-11(2)13-6-9-17(10-7-13)12(3)14(18)15-4/h11-13,16H,5-10H2,1-4H3,(H,15,18). The Morgan fingerprint density at radius 3 is 2.44 bits per heavy atom. The molecule has 1 rings (SSSR count). The molecule has 1 heterocycles. The molecule has 0 aromatic rings. The van der Waals surface area contributed by atoms with Crippen molar-refractivity contribution < 1.29 is 4.79 Å². The molecule has 1 aliphatic heterocycles. The Hall–Kier alpha value is -0.610. The van der Waals surface area contributed by atoms with Gasteiger partial charge in [0.1, 0.15) is 0 Å². The van der Waals surface area contributed by atoms with Gasteiger partial charge in [0.25, 0.3) is 0 Å². The zero-order valence-corrected chi connectivity index (χ0v) is 12.3. The van der Waals surface area contributed by atoms with E-state index in [1.165, 1.54) is 19.3 Å². The highest BCUT2D eigenvalue weighted by Crippen LogP contribution is 2.22. The molecule has 2 N–H and O–H groups in total. The number of nitrogens with one attached hydrogen (secondary N) is 2. The van der Waals surface area contributed by atoms with Crippen LogP contribution in [0.25, 0.3) is 0 Å². The van der Waals surface area contributed by atoms with Crippen LogP contribution in [0, 0.1) is 5.92 Å². The Labute approximate surface area is 111 Å². The Morgan fingerprint density at radius 2 is 1.94 bits per heavy atom. The molecule has 0 saturated carbocycles. The molecular formula is C14H29N3O. The zero-order chi connectivity index (χ0) is 13.5. The molecule has 0 aliphatic carbocycles. The number of likely N-dealkylation sites (N-methyl/N-ethyl adjacent to an activating group) is 1. The van der Waals surface area contributed by atoms with Crippen molar-refractivity contribution in [1.82, 2.24) is 15.5 Å². The summed E-state index contributed by atoms with van der Waals surface area (Å²) in [5, 5.41) is 6.31. The lowest BCUT2D eigenvalue weighted by molar-refractivity contribution is -0.125. The van der Waals surface area contributed by atoms with Crippen LogP contribution in [0.15, 0.2) is 0 Å². The van der Waals surface area contributed by atoms with E-state index in [1.54, 1.807) is 7.05 Å². The first-order valence-electron chi connectivity index (χ1n) is 7.29. The molecule has 2 unspecified atom stereocenters. The van der Waals surface area contributed by atoms with Crippen LogP contribution >= 0.6 is 0 Å². The molecule has 0 spiro atoms. The monoisotopic (exact) mass is 255 g/mol. The van der Waals surface area contributed by atoms with Crippen LogP contribution in [0.4, 0.5) is 0 Å². The van der Waals surface area contributed by atoms with Crippen LogP contribution in [-0.2, 0) is 4.79 Å². The first kappa shape index (κ1) is 15.4. The van der Waals surface area contributed by atoms with Gasteiger partial charge < -0.3 is 10.6 Å². The van der Waals surface area contributed by atoms with Crippen molar-refractivity contribution in [3.63, 3.8) is 0 Å². The second kappa shape index (κ2) is 7.74. The molecule has 1 fully saturated rings. The SMILES string of the molecule is CCCNC(C)C1CCN(C(C)C(=O)NC)CC1. The molecule has 2 atom stereocenters. The summed E-state index contributed by atoms with van der Waals surface area (Å²) >= 11 is 0. The van der Waals surface area contributed by atoms with Crippen LogP contribution in [0.3, 0.4) is 0 Å². The number of rotatable bonds is 6. The highest BCUT2D eigenvalue weighted by molar-refractivity contribution is 5.80. The van der Waals surface area contributed by atoms with Crippen LogP contribution in [0.5, 0.6) is 0 Å². The van der Waals surface area contributed by atoms with E-state index in [-0.39, 0.29) is 11.9 Å². The van der Waals surface area contributed by atoms with Crippen LogP contribution in [0.1, 0.15) is 40.0 Å². The molecule has 4 nitrogen and oxygen atoms in total. The van der Waals surface area contributed by atoms with Crippen LogP contribution < -0.4 is 10.6 Å². The quantitative estimate of drug-likeness (QED) is 0.750. The number of hydrogen-bond donors (Lipinski definition) is 2. The second-order valence-corrected chi connectivity index (χ2v) is 5.41. The van der Waals surface area contributed by atoms with Crippen molar-refractivity contribution in [3.8, 4) is 0 Å². The molecule has 4 heteroatoms. The van der Waals surface area contributed by atoms with E-state index in [0.717, 1.165) is 25.6 Å². The number of nitrogens with zero attached hydrogens (tertiary/aromatic N) is 1. The number of piperidine rings is 1. The lowest BCUT2D eigenvalue weighted by atomic mass is 9.89. The Kier molecular flexibility index (Phi) is 6.65. The zero-order valence-electron chi connectivity index (χ0n) is 12.3. The number of amides is 1. The van der Waals surface area contributed by atoms with E-state index < -0.39 is 0 Å². The van der Waals surface area contributed by atoms with Crippen molar-refractivity contribution >= 4 is 5.91 Å². The van der Waals surface area contributed by atoms with Gasteiger partial charge in [0.05, 0.1) is 6.04 Å². The number of hydrogen-bond acceptors (Lipinski definition) is 3. The summed E-state index contributed by atoms with van der Waals surface area (Å²) in [4.78, 5) is 13.9. The number of carbonyl (C=O) groups excluding carboxylic acids is 1. The molecule has 1 saturated heterocycles. The summed E-state index contributed by atoms with van der Waals surface area (Å²) in [5.41, 5.74) is 0. The third-order valence-electron chi connectivity index (χ3n) is 4.17. The predicted octanol–water partition coefficient (Wildman–Crippen LogP) is 1.22. The summed E-state index contributed by atoms with van der Waals surface area (Å²) in [7, 11) is 1.71. The van der Waals surface area contributed by atoms with Gasteiger partial charge in [-0.05, 0) is 58.7 Å². The maximum atomic E-state index is 11.6.